The third kappa shape index (κ3) is 4.25. The second kappa shape index (κ2) is 6.19. The molecule has 0 fully saturated rings. The van der Waals surface area contributed by atoms with Crippen LogP contribution in [0.3, 0.4) is 0 Å². The smallest absolute Gasteiger partial charge is 0.224 e. The Bertz CT molecular complexity index is 558. The van der Waals surface area contributed by atoms with Gasteiger partial charge in [-0.05, 0) is 43.5 Å². The first-order valence-electron chi connectivity index (χ1n) is 6.55. The van der Waals surface area contributed by atoms with Gasteiger partial charge in [-0.15, -0.1) is 0 Å². The van der Waals surface area contributed by atoms with Crippen molar-refractivity contribution in [2.24, 2.45) is 0 Å². The summed E-state index contributed by atoms with van der Waals surface area (Å²) >= 11 is 0. The number of anilines is 1. The molecule has 0 saturated carbocycles. The predicted octanol–water partition coefficient (Wildman–Crippen LogP) is 3.87. The molecule has 2 heteroatoms. The van der Waals surface area contributed by atoms with E-state index >= 15 is 0 Å². The fourth-order valence-electron chi connectivity index (χ4n) is 1.96. The maximum absolute atomic E-state index is 11.9. The van der Waals surface area contributed by atoms with Gasteiger partial charge in [-0.2, -0.15) is 0 Å². The van der Waals surface area contributed by atoms with E-state index in [2.05, 4.69) is 36.5 Å². The summed E-state index contributed by atoms with van der Waals surface area (Å²) in [5, 5.41) is 2.93. The van der Waals surface area contributed by atoms with E-state index in [9.17, 15) is 4.79 Å². The van der Waals surface area contributed by atoms with Crippen LogP contribution in [0.25, 0.3) is 0 Å². The number of nitrogens with one attached hydrogen (secondary N) is 1. The summed E-state index contributed by atoms with van der Waals surface area (Å²) in [5.41, 5.74) is 4.46. The normalized spacial score (nSPS) is 10.2. The van der Waals surface area contributed by atoms with Crippen LogP contribution in [-0.4, -0.2) is 5.91 Å². The standard InChI is InChI=1S/C17H19NO/c1-13-6-8-15(9-7-13)10-11-17(19)18-16-5-3-4-14(2)12-16/h3-9,12H,10-11H2,1-2H3,(H,18,19). The number of hydrogen-bond donors (Lipinski definition) is 1. The molecule has 0 radical (unpaired) electrons. The minimum Gasteiger partial charge on any atom is -0.326 e. The molecule has 0 bridgehead atoms. The fraction of sp³-hybridized carbons (Fsp3) is 0.235. The highest BCUT2D eigenvalue weighted by Crippen LogP contribution is 2.11. The monoisotopic (exact) mass is 253 g/mol. The van der Waals surface area contributed by atoms with Crippen molar-refractivity contribution in [2.45, 2.75) is 26.7 Å². The number of hydrogen-bond acceptors (Lipinski definition) is 1. The topological polar surface area (TPSA) is 29.1 Å². The van der Waals surface area contributed by atoms with E-state index in [1.54, 1.807) is 0 Å². The first kappa shape index (κ1) is 13.3. The van der Waals surface area contributed by atoms with Gasteiger partial charge in [0.25, 0.3) is 0 Å². The van der Waals surface area contributed by atoms with Gasteiger partial charge < -0.3 is 5.32 Å². The van der Waals surface area contributed by atoms with Crippen LogP contribution < -0.4 is 5.32 Å². The zero-order chi connectivity index (χ0) is 13.7. The van der Waals surface area contributed by atoms with Crippen molar-refractivity contribution in [2.75, 3.05) is 5.32 Å². The highest BCUT2D eigenvalue weighted by Gasteiger charge is 2.03. The third-order valence-electron chi connectivity index (χ3n) is 3.06. The van der Waals surface area contributed by atoms with Gasteiger partial charge in [-0.3, -0.25) is 4.79 Å². The molecule has 2 aromatic carbocycles. The molecular weight excluding hydrogens is 234 g/mol. The van der Waals surface area contributed by atoms with Gasteiger partial charge in [0.2, 0.25) is 5.91 Å². The lowest BCUT2D eigenvalue weighted by molar-refractivity contribution is -0.116. The summed E-state index contributed by atoms with van der Waals surface area (Å²) < 4.78 is 0. The second-order valence-corrected chi connectivity index (χ2v) is 4.90. The average Bonchev–Trinajstić information content (AvgIpc) is 2.38. The quantitative estimate of drug-likeness (QED) is 0.880. The molecule has 2 nitrogen and oxygen atoms in total. The van der Waals surface area contributed by atoms with Crippen molar-refractivity contribution >= 4 is 11.6 Å². The van der Waals surface area contributed by atoms with E-state index in [1.165, 1.54) is 11.1 Å². The van der Waals surface area contributed by atoms with E-state index in [1.807, 2.05) is 31.2 Å². The van der Waals surface area contributed by atoms with E-state index in [0.29, 0.717) is 6.42 Å². The highest BCUT2D eigenvalue weighted by molar-refractivity contribution is 5.90. The number of carbonyl (C=O) groups is 1. The zero-order valence-electron chi connectivity index (χ0n) is 11.4. The Morgan fingerprint density at radius 1 is 1.00 bits per heavy atom. The molecule has 0 aliphatic heterocycles. The second-order valence-electron chi connectivity index (χ2n) is 4.90. The Labute approximate surface area is 114 Å². The number of rotatable bonds is 4. The Morgan fingerprint density at radius 2 is 1.74 bits per heavy atom. The summed E-state index contributed by atoms with van der Waals surface area (Å²) in [5.74, 6) is 0.0613. The largest absolute Gasteiger partial charge is 0.326 e. The summed E-state index contributed by atoms with van der Waals surface area (Å²) in [6.45, 7) is 4.08. The van der Waals surface area contributed by atoms with Gasteiger partial charge in [-0.25, -0.2) is 0 Å². The van der Waals surface area contributed by atoms with Crippen LogP contribution in [-0.2, 0) is 11.2 Å². The minimum absolute atomic E-state index is 0.0613. The van der Waals surface area contributed by atoms with Crippen LogP contribution in [0.5, 0.6) is 0 Å². The van der Waals surface area contributed by atoms with Crippen molar-refractivity contribution in [3.05, 3.63) is 65.2 Å². The first-order chi connectivity index (χ1) is 9.13. The molecule has 2 rings (SSSR count). The lowest BCUT2D eigenvalue weighted by Gasteiger charge is -2.06. The van der Waals surface area contributed by atoms with Gasteiger partial charge in [0, 0.05) is 12.1 Å². The number of amides is 1. The van der Waals surface area contributed by atoms with E-state index in [4.69, 9.17) is 0 Å². The lowest BCUT2D eigenvalue weighted by atomic mass is 10.1. The molecule has 0 unspecified atom stereocenters. The Hall–Kier alpha value is -2.09. The van der Waals surface area contributed by atoms with Crippen molar-refractivity contribution in [3.63, 3.8) is 0 Å². The molecule has 0 atom stereocenters. The van der Waals surface area contributed by atoms with Crippen LogP contribution in [0, 0.1) is 13.8 Å². The predicted molar refractivity (Wildman–Crippen MR) is 79.3 cm³/mol. The Balaban J connectivity index is 1.86. The van der Waals surface area contributed by atoms with Crippen molar-refractivity contribution in [1.29, 1.82) is 0 Å². The van der Waals surface area contributed by atoms with Crippen LogP contribution >= 0.6 is 0 Å². The van der Waals surface area contributed by atoms with Crippen LogP contribution in [0.4, 0.5) is 5.69 Å². The molecule has 0 heterocycles. The first-order valence-corrected chi connectivity index (χ1v) is 6.55. The summed E-state index contributed by atoms with van der Waals surface area (Å²) in [7, 11) is 0. The maximum atomic E-state index is 11.9. The van der Waals surface area contributed by atoms with Crippen molar-refractivity contribution in [3.8, 4) is 0 Å². The van der Waals surface area contributed by atoms with Crippen molar-refractivity contribution < 1.29 is 4.79 Å². The molecule has 1 N–H and O–H groups in total. The average molecular weight is 253 g/mol. The molecular formula is C17H19NO. The summed E-state index contributed by atoms with van der Waals surface area (Å²) in [4.78, 5) is 11.9. The molecule has 98 valence electrons. The molecule has 0 aliphatic carbocycles. The Kier molecular flexibility index (Phi) is 4.35. The molecule has 0 aromatic heterocycles. The highest BCUT2D eigenvalue weighted by atomic mass is 16.1. The van der Waals surface area contributed by atoms with Crippen LogP contribution in [0.1, 0.15) is 23.1 Å². The van der Waals surface area contributed by atoms with Crippen LogP contribution in [0.15, 0.2) is 48.5 Å². The molecule has 2 aromatic rings. The SMILES string of the molecule is Cc1ccc(CCC(=O)Nc2cccc(C)c2)cc1. The van der Waals surface area contributed by atoms with Gasteiger partial charge in [-0.1, -0.05) is 42.0 Å². The maximum Gasteiger partial charge on any atom is 0.224 e. The van der Waals surface area contributed by atoms with E-state index in [-0.39, 0.29) is 5.91 Å². The number of aryl methyl sites for hydroxylation is 3. The van der Waals surface area contributed by atoms with Gasteiger partial charge in [0.15, 0.2) is 0 Å². The molecule has 19 heavy (non-hydrogen) atoms. The molecule has 1 amide bonds. The van der Waals surface area contributed by atoms with E-state index < -0.39 is 0 Å². The van der Waals surface area contributed by atoms with Crippen LogP contribution in [0.2, 0.25) is 0 Å². The molecule has 0 aliphatic rings. The molecule has 0 saturated heterocycles. The van der Waals surface area contributed by atoms with Gasteiger partial charge in [0.05, 0.1) is 0 Å². The summed E-state index contributed by atoms with van der Waals surface area (Å²) in [6, 6.07) is 16.2. The van der Waals surface area contributed by atoms with Crippen molar-refractivity contribution in [1.82, 2.24) is 0 Å². The number of benzene rings is 2. The fourth-order valence-corrected chi connectivity index (χ4v) is 1.96. The third-order valence-corrected chi connectivity index (χ3v) is 3.06. The number of carbonyl (C=O) groups excluding carboxylic acids is 1. The minimum atomic E-state index is 0.0613. The Morgan fingerprint density at radius 3 is 2.42 bits per heavy atom. The lowest BCUT2D eigenvalue weighted by Crippen LogP contribution is -2.12. The van der Waals surface area contributed by atoms with Gasteiger partial charge in [0.1, 0.15) is 0 Å². The zero-order valence-corrected chi connectivity index (χ0v) is 11.4. The summed E-state index contributed by atoms with van der Waals surface area (Å²) in [6.07, 6.45) is 1.29. The van der Waals surface area contributed by atoms with E-state index in [0.717, 1.165) is 17.7 Å². The molecule has 0 spiro atoms. The van der Waals surface area contributed by atoms with Gasteiger partial charge >= 0.3 is 0 Å².